The molecule has 3 aliphatic rings. The Kier molecular flexibility index (Phi) is 9.08. The summed E-state index contributed by atoms with van der Waals surface area (Å²) in [5, 5.41) is 0.0701. The number of esters is 2. The van der Waals surface area contributed by atoms with Gasteiger partial charge in [0.05, 0.1) is 18.4 Å². The zero-order valence-electron chi connectivity index (χ0n) is 23.5. The summed E-state index contributed by atoms with van der Waals surface area (Å²) in [6.45, 7) is 16.9. The zero-order valence-corrected chi connectivity index (χ0v) is 24.5. The number of carbonyl (C=O) groups excluding carboxylic acids is 3. The SMILES string of the molecule is CC[C@H](C)C(=O)OC1CC=CC2=CC(=O)[C@H](C)[C@H](CCC3C[C@@H](O[Si](C)(C)C(C)(C)C)CC(=O)O3)[C@H]21. The number of hydrogen-bond donors (Lipinski definition) is 0. The Morgan fingerprint density at radius 3 is 2.56 bits per heavy atom. The van der Waals surface area contributed by atoms with Crippen molar-refractivity contribution < 1.29 is 28.3 Å². The van der Waals surface area contributed by atoms with Crippen LogP contribution in [0.1, 0.15) is 80.1 Å². The molecule has 202 valence electrons. The van der Waals surface area contributed by atoms with E-state index in [9.17, 15) is 14.4 Å². The van der Waals surface area contributed by atoms with E-state index >= 15 is 0 Å². The van der Waals surface area contributed by atoms with Crippen LogP contribution in [0.25, 0.3) is 0 Å². The van der Waals surface area contributed by atoms with E-state index < -0.39 is 8.32 Å². The predicted molar refractivity (Wildman–Crippen MR) is 143 cm³/mol. The van der Waals surface area contributed by atoms with Crippen molar-refractivity contribution in [1.29, 1.82) is 0 Å². The molecule has 0 spiro atoms. The molecule has 0 aromatic heterocycles. The largest absolute Gasteiger partial charge is 0.462 e. The van der Waals surface area contributed by atoms with Gasteiger partial charge in [-0.05, 0) is 55.0 Å². The minimum absolute atomic E-state index is 0.0192. The van der Waals surface area contributed by atoms with Crippen LogP contribution < -0.4 is 0 Å². The second kappa shape index (κ2) is 11.3. The average molecular weight is 519 g/mol. The highest BCUT2D eigenvalue weighted by atomic mass is 28.4. The van der Waals surface area contributed by atoms with Crippen LogP contribution in [0.5, 0.6) is 0 Å². The fourth-order valence-electron chi connectivity index (χ4n) is 5.36. The molecule has 0 bridgehead atoms. The standard InChI is InChI=1S/C29H46O6Si/c1-9-18(2)28(32)34-25-12-10-11-20-15-24(30)19(3)23(27(20)25)14-13-21-16-22(17-26(31)33-21)35-36(7,8)29(4,5)6/h10-11,15,18-19,21-23,25,27H,9,12-14,16-17H2,1-8H3/t18-,19+,21?,22+,23-,25?,27-/m0/s1. The summed E-state index contributed by atoms with van der Waals surface area (Å²) in [7, 11) is -2.00. The lowest BCUT2D eigenvalue weighted by Crippen LogP contribution is -2.47. The first-order valence-corrected chi connectivity index (χ1v) is 16.6. The number of ketones is 1. The van der Waals surface area contributed by atoms with Crippen LogP contribution >= 0.6 is 0 Å². The first kappa shape index (κ1) is 28.8. The Bertz CT molecular complexity index is 898. The maximum Gasteiger partial charge on any atom is 0.308 e. The van der Waals surface area contributed by atoms with Gasteiger partial charge in [-0.15, -0.1) is 0 Å². The molecular weight excluding hydrogens is 472 g/mol. The molecular formula is C29H46O6Si. The number of ether oxygens (including phenoxy) is 2. The molecule has 2 aliphatic carbocycles. The molecule has 1 saturated heterocycles. The van der Waals surface area contributed by atoms with E-state index in [0.29, 0.717) is 25.7 Å². The van der Waals surface area contributed by atoms with Gasteiger partial charge < -0.3 is 13.9 Å². The van der Waals surface area contributed by atoms with Crippen LogP contribution in [0.15, 0.2) is 23.8 Å². The van der Waals surface area contributed by atoms with Crippen LogP contribution in [0.4, 0.5) is 0 Å². The third-order valence-electron chi connectivity index (χ3n) is 8.92. The Labute approximate surface area is 218 Å². The molecule has 36 heavy (non-hydrogen) atoms. The van der Waals surface area contributed by atoms with E-state index in [1.165, 1.54) is 0 Å². The molecule has 1 heterocycles. The van der Waals surface area contributed by atoms with Crippen LogP contribution in [-0.2, 0) is 28.3 Å². The van der Waals surface area contributed by atoms with Gasteiger partial charge in [0.25, 0.3) is 0 Å². The van der Waals surface area contributed by atoms with Gasteiger partial charge in [0.15, 0.2) is 14.1 Å². The lowest BCUT2D eigenvalue weighted by Gasteiger charge is -2.43. The Balaban J connectivity index is 1.72. The smallest absolute Gasteiger partial charge is 0.308 e. The topological polar surface area (TPSA) is 78.9 Å². The molecule has 0 saturated carbocycles. The molecule has 0 N–H and O–H groups in total. The number of cyclic esters (lactones) is 1. The van der Waals surface area contributed by atoms with Crippen molar-refractivity contribution in [1.82, 2.24) is 0 Å². The molecule has 3 rings (SSSR count). The van der Waals surface area contributed by atoms with Crippen LogP contribution in [0.3, 0.4) is 0 Å². The van der Waals surface area contributed by atoms with Crippen molar-refractivity contribution in [2.75, 3.05) is 0 Å². The molecule has 0 amide bonds. The summed E-state index contributed by atoms with van der Waals surface area (Å²) in [4.78, 5) is 37.9. The molecule has 1 aliphatic heterocycles. The van der Waals surface area contributed by atoms with Gasteiger partial charge in [0.1, 0.15) is 12.2 Å². The Morgan fingerprint density at radius 1 is 1.22 bits per heavy atom. The third-order valence-corrected chi connectivity index (χ3v) is 13.5. The van der Waals surface area contributed by atoms with Crippen molar-refractivity contribution in [3.63, 3.8) is 0 Å². The maximum atomic E-state index is 12.8. The van der Waals surface area contributed by atoms with E-state index in [1.54, 1.807) is 6.08 Å². The quantitative estimate of drug-likeness (QED) is 0.283. The molecule has 7 atom stereocenters. The van der Waals surface area contributed by atoms with Crippen molar-refractivity contribution in [3.05, 3.63) is 23.8 Å². The predicted octanol–water partition coefficient (Wildman–Crippen LogP) is 6.16. The van der Waals surface area contributed by atoms with Gasteiger partial charge in [0, 0.05) is 24.7 Å². The number of fused-ring (bicyclic) bond motifs is 1. The number of rotatable bonds is 8. The Morgan fingerprint density at radius 2 is 1.92 bits per heavy atom. The molecule has 0 aromatic rings. The summed E-state index contributed by atoms with van der Waals surface area (Å²) in [6, 6.07) is 0. The lowest BCUT2D eigenvalue weighted by molar-refractivity contribution is -0.162. The first-order chi connectivity index (χ1) is 16.7. The summed E-state index contributed by atoms with van der Waals surface area (Å²) >= 11 is 0. The number of allylic oxidation sites excluding steroid dienone is 2. The highest BCUT2D eigenvalue weighted by Gasteiger charge is 2.45. The molecule has 0 radical (unpaired) electrons. The molecule has 7 heteroatoms. The van der Waals surface area contributed by atoms with Gasteiger partial charge >= 0.3 is 11.9 Å². The van der Waals surface area contributed by atoms with Gasteiger partial charge in [-0.2, -0.15) is 0 Å². The van der Waals surface area contributed by atoms with Crippen molar-refractivity contribution in [3.8, 4) is 0 Å². The van der Waals surface area contributed by atoms with Crippen LogP contribution in [-0.4, -0.2) is 44.4 Å². The van der Waals surface area contributed by atoms with E-state index in [0.717, 1.165) is 18.4 Å². The molecule has 0 aromatic carbocycles. The highest BCUT2D eigenvalue weighted by Crippen LogP contribution is 2.44. The molecule has 6 nitrogen and oxygen atoms in total. The van der Waals surface area contributed by atoms with E-state index in [4.69, 9.17) is 13.9 Å². The first-order valence-electron chi connectivity index (χ1n) is 13.7. The van der Waals surface area contributed by atoms with Crippen LogP contribution in [0.2, 0.25) is 18.1 Å². The molecule has 2 unspecified atom stereocenters. The van der Waals surface area contributed by atoms with Crippen molar-refractivity contribution >= 4 is 26.0 Å². The summed E-state index contributed by atoms with van der Waals surface area (Å²) in [5.41, 5.74) is 0.955. The van der Waals surface area contributed by atoms with E-state index in [-0.39, 0.29) is 64.7 Å². The second-order valence-electron chi connectivity index (χ2n) is 12.6. The lowest BCUT2D eigenvalue weighted by atomic mass is 9.65. The minimum Gasteiger partial charge on any atom is -0.462 e. The fourth-order valence-corrected chi connectivity index (χ4v) is 6.73. The number of carbonyl (C=O) groups is 3. The summed E-state index contributed by atoms with van der Waals surface area (Å²) in [5.74, 6) is -0.578. The van der Waals surface area contributed by atoms with Crippen molar-refractivity contribution in [2.45, 2.75) is 117 Å². The maximum absolute atomic E-state index is 12.8. The van der Waals surface area contributed by atoms with Gasteiger partial charge in [-0.25, -0.2) is 0 Å². The fraction of sp³-hybridized carbons (Fsp3) is 0.759. The van der Waals surface area contributed by atoms with Crippen molar-refractivity contribution in [2.24, 2.45) is 23.7 Å². The van der Waals surface area contributed by atoms with Crippen LogP contribution in [0, 0.1) is 23.7 Å². The Hall–Kier alpha value is -1.73. The van der Waals surface area contributed by atoms with E-state index in [1.807, 2.05) is 32.9 Å². The summed E-state index contributed by atoms with van der Waals surface area (Å²) < 4.78 is 18.3. The number of hydrogen-bond acceptors (Lipinski definition) is 6. The normalized spacial score (nSPS) is 31.8. The zero-order chi connectivity index (χ0) is 26.8. The van der Waals surface area contributed by atoms with Gasteiger partial charge in [0.2, 0.25) is 0 Å². The third kappa shape index (κ3) is 6.57. The highest BCUT2D eigenvalue weighted by molar-refractivity contribution is 6.74. The average Bonchev–Trinajstić information content (AvgIpc) is 2.77. The summed E-state index contributed by atoms with van der Waals surface area (Å²) in [6.07, 6.45) is 8.90. The molecule has 1 fully saturated rings. The minimum atomic E-state index is -2.00. The second-order valence-corrected chi connectivity index (χ2v) is 17.3. The van der Waals surface area contributed by atoms with Gasteiger partial charge in [-0.3, -0.25) is 14.4 Å². The van der Waals surface area contributed by atoms with Gasteiger partial charge in [-0.1, -0.05) is 53.7 Å². The monoisotopic (exact) mass is 518 g/mol. The van der Waals surface area contributed by atoms with E-state index in [2.05, 4.69) is 33.9 Å².